The highest BCUT2D eigenvalue weighted by Crippen LogP contribution is 2.14. The number of hydrogen-bond acceptors (Lipinski definition) is 4. The van der Waals surface area contributed by atoms with Crippen LogP contribution in [0.15, 0.2) is 36.9 Å². The lowest BCUT2D eigenvalue weighted by Crippen LogP contribution is -2.15. The molecule has 2 aromatic rings. The standard InChI is InChI=1S/C11H10N4O3/c16-10(5-11(17)18)14-8-2-1-3-9(4-8)15-6-12-13-7-15/h1-4,6-7H,5H2,(H,14,16)(H,17,18). The van der Waals surface area contributed by atoms with Crippen LogP contribution in [-0.2, 0) is 9.59 Å². The van der Waals surface area contributed by atoms with E-state index in [1.54, 1.807) is 22.8 Å². The van der Waals surface area contributed by atoms with Crippen LogP contribution in [0.1, 0.15) is 6.42 Å². The molecule has 0 saturated heterocycles. The number of aromatic nitrogens is 3. The zero-order chi connectivity index (χ0) is 13.0. The normalized spacial score (nSPS) is 10.0. The van der Waals surface area contributed by atoms with Crippen LogP contribution in [0.5, 0.6) is 0 Å². The van der Waals surface area contributed by atoms with Gasteiger partial charge in [-0.15, -0.1) is 10.2 Å². The average Bonchev–Trinajstić information content (AvgIpc) is 2.81. The summed E-state index contributed by atoms with van der Waals surface area (Å²) in [6.45, 7) is 0. The van der Waals surface area contributed by atoms with Crippen LogP contribution in [-0.4, -0.2) is 31.7 Å². The van der Waals surface area contributed by atoms with Gasteiger partial charge in [-0.2, -0.15) is 0 Å². The molecule has 0 saturated carbocycles. The molecule has 92 valence electrons. The number of hydrogen-bond donors (Lipinski definition) is 2. The van der Waals surface area contributed by atoms with Crippen LogP contribution >= 0.6 is 0 Å². The summed E-state index contributed by atoms with van der Waals surface area (Å²) < 4.78 is 1.67. The number of nitrogens with zero attached hydrogens (tertiary/aromatic N) is 3. The van der Waals surface area contributed by atoms with Crippen LogP contribution in [0.3, 0.4) is 0 Å². The minimum atomic E-state index is -1.16. The number of carboxylic acids is 1. The van der Waals surface area contributed by atoms with Gasteiger partial charge in [-0.25, -0.2) is 0 Å². The molecule has 0 atom stereocenters. The lowest BCUT2D eigenvalue weighted by Gasteiger charge is -2.06. The van der Waals surface area contributed by atoms with Crippen LogP contribution in [0.2, 0.25) is 0 Å². The first-order valence-electron chi connectivity index (χ1n) is 5.12. The van der Waals surface area contributed by atoms with Gasteiger partial charge in [-0.3, -0.25) is 14.2 Å². The zero-order valence-electron chi connectivity index (χ0n) is 9.28. The summed E-state index contributed by atoms with van der Waals surface area (Å²) in [7, 11) is 0. The smallest absolute Gasteiger partial charge is 0.312 e. The number of anilines is 1. The highest BCUT2D eigenvalue weighted by Gasteiger charge is 2.08. The molecule has 7 nitrogen and oxygen atoms in total. The zero-order valence-corrected chi connectivity index (χ0v) is 9.28. The Balaban J connectivity index is 2.13. The highest BCUT2D eigenvalue weighted by atomic mass is 16.4. The third kappa shape index (κ3) is 2.91. The molecule has 0 spiro atoms. The first-order valence-corrected chi connectivity index (χ1v) is 5.12. The Bertz CT molecular complexity index is 565. The second-order valence-corrected chi connectivity index (χ2v) is 3.54. The number of carboxylic acid groups (broad SMARTS) is 1. The van der Waals surface area contributed by atoms with Crippen molar-refractivity contribution in [3.63, 3.8) is 0 Å². The van der Waals surface area contributed by atoms with Crippen molar-refractivity contribution >= 4 is 17.6 Å². The van der Waals surface area contributed by atoms with E-state index in [9.17, 15) is 9.59 Å². The molecule has 18 heavy (non-hydrogen) atoms. The summed E-state index contributed by atoms with van der Waals surface area (Å²) in [4.78, 5) is 21.7. The number of benzene rings is 1. The maximum absolute atomic E-state index is 11.3. The van der Waals surface area contributed by atoms with Gasteiger partial charge in [0.25, 0.3) is 0 Å². The molecule has 0 aliphatic heterocycles. The Morgan fingerprint density at radius 2 is 2.00 bits per heavy atom. The summed E-state index contributed by atoms with van der Waals surface area (Å²) in [5.41, 5.74) is 1.29. The number of nitrogens with one attached hydrogen (secondary N) is 1. The number of rotatable bonds is 4. The molecule has 0 aliphatic carbocycles. The third-order valence-electron chi connectivity index (χ3n) is 2.16. The van der Waals surface area contributed by atoms with Crippen LogP contribution < -0.4 is 5.32 Å². The van der Waals surface area contributed by atoms with Gasteiger partial charge in [-0.1, -0.05) is 6.07 Å². The molecule has 2 N–H and O–H groups in total. The first-order chi connectivity index (χ1) is 8.65. The van der Waals surface area contributed by atoms with E-state index in [0.717, 1.165) is 5.69 Å². The maximum atomic E-state index is 11.3. The number of aliphatic carboxylic acids is 1. The first kappa shape index (κ1) is 11.8. The molecule has 0 aliphatic rings. The van der Waals surface area contributed by atoms with E-state index in [0.29, 0.717) is 5.69 Å². The van der Waals surface area contributed by atoms with Crippen LogP contribution in [0, 0.1) is 0 Å². The van der Waals surface area contributed by atoms with Gasteiger partial charge in [0, 0.05) is 5.69 Å². The number of carbonyl (C=O) groups is 2. The summed E-state index contributed by atoms with van der Waals surface area (Å²) >= 11 is 0. The molecule has 1 aromatic carbocycles. The van der Waals surface area contributed by atoms with Crippen molar-refractivity contribution in [1.82, 2.24) is 14.8 Å². The van der Waals surface area contributed by atoms with Crippen molar-refractivity contribution in [3.8, 4) is 5.69 Å². The van der Waals surface area contributed by atoms with E-state index in [4.69, 9.17) is 5.11 Å². The molecule has 1 aromatic heterocycles. The molecule has 2 rings (SSSR count). The lowest BCUT2D eigenvalue weighted by molar-refractivity contribution is -0.139. The fourth-order valence-electron chi connectivity index (χ4n) is 1.42. The Kier molecular flexibility index (Phi) is 3.33. The quantitative estimate of drug-likeness (QED) is 0.773. The summed E-state index contributed by atoms with van der Waals surface area (Å²) in [6.07, 6.45) is 2.49. The van der Waals surface area contributed by atoms with Crippen molar-refractivity contribution < 1.29 is 14.7 Å². The van der Waals surface area contributed by atoms with E-state index < -0.39 is 18.3 Å². The number of amides is 1. The minimum Gasteiger partial charge on any atom is -0.481 e. The second kappa shape index (κ2) is 5.09. The maximum Gasteiger partial charge on any atom is 0.312 e. The van der Waals surface area contributed by atoms with Crippen molar-refractivity contribution in [2.45, 2.75) is 6.42 Å². The average molecular weight is 246 g/mol. The minimum absolute atomic E-state index is 0.521. The van der Waals surface area contributed by atoms with Gasteiger partial charge in [0.2, 0.25) is 5.91 Å². The van der Waals surface area contributed by atoms with E-state index in [-0.39, 0.29) is 0 Å². The Hall–Kier alpha value is -2.70. The molecule has 0 radical (unpaired) electrons. The third-order valence-corrected chi connectivity index (χ3v) is 2.16. The van der Waals surface area contributed by atoms with Gasteiger partial charge in [0.1, 0.15) is 19.1 Å². The summed E-state index contributed by atoms with van der Waals surface area (Å²) in [5.74, 6) is -1.73. The Labute approximate surface area is 102 Å². The predicted octanol–water partition coefficient (Wildman–Crippen LogP) is 0.681. The van der Waals surface area contributed by atoms with Gasteiger partial charge in [0.05, 0.1) is 5.69 Å². The van der Waals surface area contributed by atoms with Crippen molar-refractivity contribution in [2.24, 2.45) is 0 Å². The fourth-order valence-corrected chi connectivity index (χ4v) is 1.42. The molecular formula is C11H10N4O3. The monoisotopic (exact) mass is 246 g/mol. The number of carbonyl (C=O) groups excluding carboxylic acids is 1. The Morgan fingerprint density at radius 1 is 1.28 bits per heavy atom. The Morgan fingerprint density at radius 3 is 2.67 bits per heavy atom. The van der Waals surface area contributed by atoms with Crippen molar-refractivity contribution in [1.29, 1.82) is 0 Å². The summed E-state index contributed by atoms with van der Waals surface area (Å²) in [5, 5.41) is 18.3. The molecule has 1 amide bonds. The summed E-state index contributed by atoms with van der Waals surface area (Å²) in [6, 6.07) is 6.93. The van der Waals surface area contributed by atoms with E-state index in [2.05, 4.69) is 15.5 Å². The van der Waals surface area contributed by atoms with E-state index >= 15 is 0 Å². The van der Waals surface area contributed by atoms with Crippen molar-refractivity contribution in [2.75, 3.05) is 5.32 Å². The van der Waals surface area contributed by atoms with Gasteiger partial charge >= 0.3 is 5.97 Å². The largest absolute Gasteiger partial charge is 0.481 e. The molecule has 0 fully saturated rings. The van der Waals surface area contributed by atoms with E-state index in [1.165, 1.54) is 12.7 Å². The lowest BCUT2D eigenvalue weighted by atomic mass is 10.2. The highest BCUT2D eigenvalue weighted by molar-refractivity contribution is 6.01. The topological polar surface area (TPSA) is 97.1 Å². The van der Waals surface area contributed by atoms with Crippen LogP contribution in [0.4, 0.5) is 5.69 Å². The van der Waals surface area contributed by atoms with Crippen molar-refractivity contribution in [3.05, 3.63) is 36.9 Å². The second-order valence-electron chi connectivity index (χ2n) is 3.54. The fraction of sp³-hybridized carbons (Fsp3) is 0.0909. The molecular weight excluding hydrogens is 236 g/mol. The molecule has 0 bridgehead atoms. The van der Waals surface area contributed by atoms with Crippen LogP contribution in [0.25, 0.3) is 5.69 Å². The molecule has 1 heterocycles. The SMILES string of the molecule is O=C(O)CC(=O)Nc1cccc(-n2cnnc2)c1. The van der Waals surface area contributed by atoms with E-state index in [1.807, 2.05) is 6.07 Å². The predicted molar refractivity (Wildman–Crippen MR) is 62.2 cm³/mol. The molecule has 0 unspecified atom stereocenters. The molecule has 7 heteroatoms. The van der Waals surface area contributed by atoms with Gasteiger partial charge < -0.3 is 10.4 Å². The van der Waals surface area contributed by atoms with Gasteiger partial charge in [-0.05, 0) is 18.2 Å². The van der Waals surface area contributed by atoms with Gasteiger partial charge in [0.15, 0.2) is 0 Å².